The summed E-state index contributed by atoms with van der Waals surface area (Å²) in [5.74, 6) is -4.10. The van der Waals surface area contributed by atoms with E-state index in [9.17, 15) is 39.0 Å². The number of aromatic nitrogens is 1. The summed E-state index contributed by atoms with van der Waals surface area (Å²) in [4.78, 5) is 75.8. The van der Waals surface area contributed by atoms with Crippen molar-refractivity contribution in [1.82, 2.24) is 25.0 Å². The number of carbonyl (C=O) groups excluding carboxylic acids is 4. The van der Waals surface area contributed by atoms with Crippen LogP contribution in [0.1, 0.15) is 23.3 Å². The van der Waals surface area contributed by atoms with Gasteiger partial charge in [-0.25, -0.2) is 9.59 Å². The van der Waals surface area contributed by atoms with E-state index in [0.717, 1.165) is 11.8 Å². The Morgan fingerprint density at radius 1 is 0.895 bits per heavy atom. The third kappa shape index (κ3) is 7.22. The van der Waals surface area contributed by atoms with Crippen molar-refractivity contribution < 1.29 is 39.0 Å². The first-order valence-electron chi connectivity index (χ1n) is 11.8. The second-order valence-corrected chi connectivity index (χ2v) is 11.0. The molecule has 4 atom stereocenters. The molecule has 1 aromatic heterocycles. The molecule has 1 aromatic rings. The molecule has 4 N–H and O–H groups in total. The Balaban J connectivity index is 1.52. The molecule has 0 radical (unpaired) electrons. The summed E-state index contributed by atoms with van der Waals surface area (Å²) < 4.78 is 1.63. The van der Waals surface area contributed by atoms with Gasteiger partial charge < -0.3 is 35.2 Å². The van der Waals surface area contributed by atoms with Crippen LogP contribution < -0.4 is 10.6 Å². The van der Waals surface area contributed by atoms with Gasteiger partial charge in [0.1, 0.15) is 17.8 Å². The van der Waals surface area contributed by atoms with E-state index in [0.29, 0.717) is 5.69 Å². The number of hydrogen-bond acceptors (Lipinski definition) is 8. The first-order valence-corrected chi connectivity index (χ1v) is 14.4. The standard InChI is InChI=1S/C23H31N5O8S2/c1-26-5-3-4-15(26)21(32)25-14-7-17(23(35)36)28(9-14)20(31)12-38-11-19(30)27-8-13(6-16(27)22(33)34)24-18(29)10-37-2/h3-5,13-14,16-17H,6-12H2,1-2H3,(H,24,29)(H,25,32)(H,33,34)(H,35,36). The molecule has 2 aliphatic rings. The molecule has 0 aromatic carbocycles. The van der Waals surface area contributed by atoms with Crippen LogP contribution in [0.5, 0.6) is 0 Å². The van der Waals surface area contributed by atoms with E-state index in [1.807, 2.05) is 0 Å². The van der Waals surface area contributed by atoms with E-state index in [2.05, 4.69) is 10.6 Å². The van der Waals surface area contributed by atoms with Crippen LogP contribution in [0.4, 0.5) is 0 Å². The fourth-order valence-corrected chi connectivity index (χ4v) is 5.78. The summed E-state index contributed by atoms with van der Waals surface area (Å²) in [7, 11) is 1.71. The van der Waals surface area contributed by atoms with Crippen molar-refractivity contribution in [2.75, 3.05) is 36.6 Å². The summed E-state index contributed by atoms with van der Waals surface area (Å²) in [6, 6.07) is 0.120. The quantitative estimate of drug-likeness (QED) is 0.260. The summed E-state index contributed by atoms with van der Waals surface area (Å²) in [6.07, 6.45) is 3.62. The summed E-state index contributed by atoms with van der Waals surface area (Å²) in [5.41, 5.74) is 0.406. The number of carbonyl (C=O) groups is 6. The lowest BCUT2D eigenvalue weighted by molar-refractivity contribution is -0.147. The molecule has 4 unspecified atom stereocenters. The average molecular weight is 570 g/mol. The van der Waals surface area contributed by atoms with Crippen LogP contribution in [0.3, 0.4) is 0 Å². The van der Waals surface area contributed by atoms with Gasteiger partial charge in [0.2, 0.25) is 17.7 Å². The van der Waals surface area contributed by atoms with Gasteiger partial charge in [-0.15, -0.1) is 11.8 Å². The van der Waals surface area contributed by atoms with Crippen LogP contribution in [0.2, 0.25) is 0 Å². The highest BCUT2D eigenvalue weighted by atomic mass is 32.2. The third-order valence-electron chi connectivity index (χ3n) is 6.42. The van der Waals surface area contributed by atoms with Crippen LogP contribution in [0.15, 0.2) is 18.3 Å². The Kier molecular flexibility index (Phi) is 10.1. The number of likely N-dealkylation sites (tertiary alicyclic amines) is 2. The van der Waals surface area contributed by atoms with Crippen molar-refractivity contribution in [3.8, 4) is 0 Å². The minimum absolute atomic E-state index is 0.0190. The molecule has 0 aliphatic carbocycles. The summed E-state index contributed by atoms with van der Waals surface area (Å²) in [6.45, 7) is 0.0747. The lowest BCUT2D eigenvalue weighted by Gasteiger charge is -2.23. The number of rotatable bonds is 11. The highest BCUT2D eigenvalue weighted by molar-refractivity contribution is 8.00. The minimum Gasteiger partial charge on any atom is -0.480 e. The number of nitrogens with one attached hydrogen (secondary N) is 2. The Morgan fingerprint density at radius 2 is 1.42 bits per heavy atom. The first kappa shape index (κ1) is 29.4. The molecule has 2 aliphatic heterocycles. The second kappa shape index (κ2) is 13.0. The van der Waals surface area contributed by atoms with Crippen molar-refractivity contribution in [2.45, 2.75) is 37.0 Å². The zero-order valence-electron chi connectivity index (χ0n) is 21.0. The normalized spacial score (nSPS) is 22.8. The average Bonchev–Trinajstić information content (AvgIpc) is 3.57. The fraction of sp³-hybridized carbons (Fsp3) is 0.565. The lowest BCUT2D eigenvalue weighted by atomic mass is 10.1. The van der Waals surface area contributed by atoms with E-state index in [4.69, 9.17) is 0 Å². The molecule has 208 valence electrons. The Labute approximate surface area is 227 Å². The van der Waals surface area contributed by atoms with Gasteiger partial charge in [-0.3, -0.25) is 19.2 Å². The Morgan fingerprint density at radius 3 is 1.87 bits per heavy atom. The maximum Gasteiger partial charge on any atom is 0.326 e. The molecule has 0 spiro atoms. The number of nitrogens with zero attached hydrogens (tertiary/aromatic N) is 3. The number of amides is 4. The van der Waals surface area contributed by atoms with Crippen LogP contribution in [-0.2, 0) is 31.0 Å². The highest BCUT2D eigenvalue weighted by Crippen LogP contribution is 2.22. The molecule has 3 heterocycles. The maximum absolute atomic E-state index is 12.8. The van der Waals surface area contributed by atoms with Crippen molar-refractivity contribution in [3.63, 3.8) is 0 Å². The van der Waals surface area contributed by atoms with Crippen LogP contribution in [0.25, 0.3) is 0 Å². The van der Waals surface area contributed by atoms with Crippen LogP contribution in [-0.4, -0.2) is 121 Å². The zero-order chi connectivity index (χ0) is 28.0. The number of carboxylic acids is 2. The van der Waals surface area contributed by atoms with Gasteiger partial charge in [0, 0.05) is 51.3 Å². The Bertz CT molecular complexity index is 1100. The number of carboxylic acid groups (broad SMARTS) is 2. The van der Waals surface area contributed by atoms with E-state index >= 15 is 0 Å². The van der Waals surface area contributed by atoms with Crippen molar-refractivity contribution >= 4 is 59.1 Å². The molecule has 4 amide bonds. The fourth-order valence-electron chi connectivity index (χ4n) is 4.65. The monoisotopic (exact) mass is 569 g/mol. The molecule has 2 saturated heterocycles. The van der Waals surface area contributed by atoms with Crippen molar-refractivity contribution in [2.24, 2.45) is 7.05 Å². The molecule has 2 fully saturated rings. The summed E-state index contributed by atoms with van der Waals surface area (Å²) in [5, 5.41) is 24.6. The van der Waals surface area contributed by atoms with E-state index in [1.54, 1.807) is 36.2 Å². The molecular formula is C23H31N5O8S2. The van der Waals surface area contributed by atoms with Crippen LogP contribution in [0, 0.1) is 0 Å². The molecular weight excluding hydrogens is 538 g/mol. The number of aliphatic carboxylic acids is 2. The SMILES string of the molecule is CSCC(=O)NC1CC(C(=O)O)N(C(=O)CSCC(=O)N2CC(NC(=O)c3cccn3C)CC2C(=O)O)C1. The Hall–Kier alpha value is -3.20. The zero-order valence-corrected chi connectivity index (χ0v) is 22.6. The largest absolute Gasteiger partial charge is 0.480 e. The maximum atomic E-state index is 12.8. The van der Waals surface area contributed by atoms with Gasteiger partial charge in [0.25, 0.3) is 5.91 Å². The lowest BCUT2D eigenvalue weighted by Crippen LogP contribution is -2.44. The van der Waals surface area contributed by atoms with Gasteiger partial charge in [0.15, 0.2) is 0 Å². The van der Waals surface area contributed by atoms with E-state index in [-0.39, 0.29) is 55.0 Å². The topological polar surface area (TPSA) is 178 Å². The predicted molar refractivity (Wildman–Crippen MR) is 140 cm³/mol. The molecule has 15 heteroatoms. The molecule has 0 saturated carbocycles. The number of thioether (sulfide) groups is 2. The van der Waals surface area contributed by atoms with Crippen molar-refractivity contribution in [1.29, 1.82) is 0 Å². The molecule has 0 bridgehead atoms. The number of hydrogen-bond donors (Lipinski definition) is 4. The highest BCUT2D eigenvalue weighted by Gasteiger charge is 2.42. The van der Waals surface area contributed by atoms with Gasteiger partial charge in [-0.2, -0.15) is 11.8 Å². The van der Waals surface area contributed by atoms with Crippen molar-refractivity contribution in [3.05, 3.63) is 24.0 Å². The minimum atomic E-state index is -1.19. The first-order chi connectivity index (χ1) is 18.0. The predicted octanol–water partition coefficient (Wildman–Crippen LogP) is -0.924. The molecule has 38 heavy (non-hydrogen) atoms. The molecule has 13 nitrogen and oxygen atoms in total. The number of aryl methyl sites for hydroxylation is 1. The summed E-state index contributed by atoms with van der Waals surface area (Å²) >= 11 is 2.29. The van der Waals surface area contributed by atoms with Gasteiger partial charge >= 0.3 is 11.9 Å². The second-order valence-electron chi connectivity index (χ2n) is 9.14. The van der Waals surface area contributed by atoms with E-state index < -0.39 is 47.9 Å². The smallest absolute Gasteiger partial charge is 0.326 e. The third-order valence-corrected chi connectivity index (χ3v) is 7.87. The van der Waals surface area contributed by atoms with Gasteiger partial charge in [0.05, 0.1) is 17.3 Å². The van der Waals surface area contributed by atoms with Crippen LogP contribution >= 0.6 is 23.5 Å². The van der Waals surface area contributed by atoms with Gasteiger partial charge in [-0.1, -0.05) is 0 Å². The van der Waals surface area contributed by atoms with Gasteiger partial charge in [-0.05, 0) is 18.4 Å². The molecule has 3 rings (SSSR count). The van der Waals surface area contributed by atoms with E-state index in [1.165, 1.54) is 21.6 Å².